The Morgan fingerprint density at radius 2 is 1.80 bits per heavy atom. The Bertz CT molecular complexity index is 997. The molecule has 1 fully saturated rings. The number of piperidine rings is 1. The van der Waals surface area contributed by atoms with Crippen LogP contribution in [-0.4, -0.2) is 42.2 Å². The van der Waals surface area contributed by atoms with E-state index in [0.717, 1.165) is 24.2 Å². The average molecular weight is 408 g/mol. The van der Waals surface area contributed by atoms with Crippen molar-refractivity contribution >= 4 is 11.8 Å². The van der Waals surface area contributed by atoms with Gasteiger partial charge in [0.15, 0.2) is 11.5 Å². The number of fused-ring (bicyclic) bond motifs is 2. The maximum atomic E-state index is 13.0. The van der Waals surface area contributed by atoms with Gasteiger partial charge in [0.05, 0.1) is 6.04 Å². The van der Waals surface area contributed by atoms with Crippen molar-refractivity contribution in [1.29, 1.82) is 0 Å². The standard InChI is InChI=1S/C23H24N2O5/c1-15(26)25-10-8-23(9-11-25)13-18(17-4-2-3-5-19(17)30-23)24-22(27)16-6-7-20-21(12-16)29-14-28-20/h2-7,12,18H,8-11,13-14H2,1H3,(H,24,27). The summed E-state index contributed by atoms with van der Waals surface area (Å²) >= 11 is 0. The van der Waals surface area contributed by atoms with Gasteiger partial charge in [-0.25, -0.2) is 0 Å². The topological polar surface area (TPSA) is 77.1 Å². The van der Waals surface area contributed by atoms with Gasteiger partial charge < -0.3 is 24.4 Å². The molecule has 2 amide bonds. The van der Waals surface area contributed by atoms with Crippen molar-refractivity contribution in [3.8, 4) is 17.2 Å². The van der Waals surface area contributed by atoms with Crippen molar-refractivity contribution < 1.29 is 23.8 Å². The van der Waals surface area contributed by atoms with Crippen molar-refractivity contribution in [1.82, 2.24) is 10.2 Å². The smallest absolute Gasteiger partial charge is 0.251 e. The third kappa shape index (κ3) is 3.34. The van der Waals surface area contributed by atoms with Crippen molar-refractivity contribution in [2.45, 2.75) is 37.8 Å². The lowest BCUT2D eigenvalue weighted by Gasteiger charge is -2.46. The van der Waals surface area contributed by atoms with Gasteiger partial charge >= 0.3 is 0 Å². The molecular weight excluding hydrogens is 384 g/mol. The highest BCUT2D eigenvalue weighted by Gasteiger charge is 2.44. The van der Waals surface area contributed by atoms with Crippen LogP contribution in [0.25, 0.3) is 0 Å². The summed E-state index contributed by atoms with van der Waals surface area (Å²) in [5, 5.41) is 3.19. The molecule has 0 saturated carbocycles. The van der Waals surface area contributed by atoms with Crippen LogP contribution in [0, 0.1) is 0 Å². The minimum Gasteiger partial charge on any atom is -0.487 e. The summed E-state index contributed by atoms with van der Waals surface area (Å²) in [4.78, 5) is 26.6. The maximum Gasteiger partial charge on any atom is 0.251 e. The van der Waals surface area contributed by atoms with Gasteiger partial charge in [0, 0.05) is 50.4 Å². The van der Waals surface area contributed by atoms with E-state index >= 15 is 0 Å². The molecule has 7 nitrogen and oxygen atoms in total. The van der Waals surface area contributed by atoms with Gasteiger partial charge in [-0.1, -0.05) is 18.2 Å². The van der Waals surface area contributed by atoms with Crippen LogP contribution >= 0.6 is 0 Å². The fraction of sp³-hybridized carbons (Fsp3) is 0.391. The highest BCUT2D eigenvalue weighted by Crippen LogP contribution is 2.44. The summed E-state index contributed by atoms with van der Waals surface area (Å²) in [6.45, 7) is 3.11. The van der Waals surface area contributed by atoms with Crippen LogP contribution in [0.1, 0.15) is 48.1 Å². The molecule has 1 unspecified atom stereocenters. The Hall–Kier alpha value is -3.22. The van der Waals surface area contributed by atoms with Crippen molar-refractivity contribution in [3.05, 3.63) is 53.6 Å². The molecule has 0 aromatic heterocycles. The summed E-state index contributed by atoms with van der Waals surface area (Å²) in [6.07, 6.45) is 2.17. The molecule has 7 heteroatoms. The number of carbonyl (C=O) groups excluding carboxylic acids is 2. The van der Waals surface area contributed by atoms with E-state index in [1.54, 1.807) is 25.1 Å². The SMILES string of the molecule is CC(=O)N1CCC2(CC1)CC(NC(=O)c1ccc3c(c1)OCO3)c1ccccc1O2. The van der Waals surface area contributed by atoms with E-state index in [1.807, 2.05) is 29.2 Å². The van der Waals surface area contributed by atoms with Crippen LogP contribution in [0.5, 0.6) is 17.2 Å². The van der Waals surface area contributed by atoms with Crippen molar-refractivity contribution in [2.24, 2.45) is 0 Å². The molecule has 1 spiro atoms. The van der Waals surface area contributed by atoms with E-state index in [9.17, 15) is 9.59 Å². The normalized spacial score (nSPS) is 21.0. The Labute approximate surface area is 174 Å². The summed E-state index contributed by atoms with van der Waals surface area (Å²) in [5.74, 6) is 1.97. The lowest BCUT2D eigenvalue weighted by atomic mass is 9.80. The Kier molecular flexibility index (Phi) is 4.53. The Morgan fingerprint density at radius 3 is 2.60 bits per heavy atom. The molecule has 3 aliphatic rings. The predicted molar refractivity (Wildman–Crippen MR) is 109 cm³/mol. The van der Waals surface area contributed by atoms with Crippen LogP contribution in [0.4, 0.5) is 0 Å². The molecule has 2 aromatic carbocycles. The number of amides is 2. The van der Waals surface area contributed by atoms with Crippen LogP contribution in [0.3, 0.4) is 0 Å². The van der Waals surface area contributed by atoms with Crippen LogP contribution in [0.15, 0.2) is 42.5 Å². The molecule has 3 heterocycles. The van der Waals surface area contributed by atoms with E-state index in [-0.39, 0.29) is 30.3 Å². The first kappa shape index (κ1) is 18.8. The quantitative estimate of drug-likeness (QED) is 0.827. The number of para-hydroxylation sites is 1. The predicted octanol–water partition coefficient (Wildman–Crippen LogP) is 3.05. The fourth-order valence-electron chi connectivity index (χ4n) is 4.56. The van der Waals surface area contributed by atoms with E-state index in [1.165, 1.54) is 0 Å². The van der Waals surface area contributed by atoms with Gasteiger partial charge in [0.1, 0.15) is 11.4 Å². The van der Waals surface area contributed by atoms with Gasteiger partial charge in [-0.3, -0.25) is 9.59 Å². The van der Waals surface area contributed by atoms with Crippen molar-refractivity contribution in [2.75, 3.05) is 19.9 Å². The van der Waals surface area contributed by atoms with E-state index in [0.29, 0.717) is 36.6 Å². The van der Waals surface area contributed by atoms with Gasteiger partial charge in [-0.05, 0) is 24.3 Å². The molecule has 156 valence electrons. The lowest BCUT2D eigenvalue weighted by Crippen LogP contribution is -2.53. The van der Waals surface area contributed by atoms with Gasteiger partial charge in [0.2, 0.25) is 12.7 Å². The van der Waals surface area contributed by atoms with Crippen molar-refractivity contribution in [3.63, 3.8) is 0 Å². The Morgan fingerprint density at radius 1 is 1.03 bits per heavy atom. The first-order chi connectivity index (χ1) is 14.5. The number of ether oxygens (including phenoxy) is 3. The zero-order valence-electron chi connectivity index (χ0n) is 16.8. The van der Waals surface area contributed by atoms with Crippen LogP contribution in [-0.2, 0) is 4.79 Å². The highest BCUT2D eigenvalue weighted by molar-refractivity contribution is 5.95. The molecular formula is C23H24N2O5. The van der Waals surface area contributed by atoms with Gasteiger partial charge in [0.25, 0.3) is 5.91 Å². The largest absolute Gasteiger partial charge is 0.487 e. The first-order valence-corrected chi connectivity index (χ1v) is 10.3. The van der Waals surface area contributed by atoms with Gasteiger partial charge in [-0.2, -0.15) is 0 Å². The molecule has 0 aliphatic carbocycles. The average Bonchev–Trinajstić information content (AvgIpc) is 3.22. The molecule has 5 rings (SSSR count). The minimum atomic E-state index is -0.382. The number of likely N-dealkylation sites (tertiary alicyclic amines) is 1. The molecule has 1 N–H and O–H groups in total. The second kappa shape index (κ2) is 7.23. The molecule has 30 heavy (non-hydrogen) atoms. The zero-order valence-corrected chi connectivity index (χ0v) is 16.8. The molecule has 1 saturated heterocycles. The summed E-state index contributed by atoms with van der Waals surface area (Å²) < 4.78 is 17.2. The Balaban J connectivity index is 1.38. The van der Waals surface area contributed by atoms with Gasteiger partial charge in [-0.15, -0.1) is 0 Å². The molecule has 1 atom stereocenters. The number of nitrogens with one attached hydrogen (secondary N) is 1. The van der Waals surface area contributed by atoms with Crippen LogP contribution in [0.2, 0.25) is 0 Å². The van der Waals surface area contributed by atoms with E-state index in [4.69, 9.17) is 14.2 Å². The first-order valence-electron chi connectivity index (χ1n) is 10.3. The number of benzene rings is 2. The second-order valence-corrected chi connectivity index (χ2v) is 8.13. The molecule has 3 aliphatic heterocycles. The molecule has 0 radical (unpaired) electrons. The highest BCUT2D eigenvalue weighted by atomic mass is 16.7. The van der Waals surface area contributed by atoms with E-state index in [2.05, 4.69) is 5.32 Å². The number of rotatable bonds is 2. The summed E-state index contributed by atoms with van der Waals surface area (Å²) in [5.41, 5.74) is 1.13. The number of nitrogens with zero attached hydrogens (tertiary/aromatic N) is 1. The number of hydrogen-bond acceptors (Lipinski definition) is 5. The summed E-state index contributed by atoms with van der Waals surface area (Å²) in [7, 11) is 0. The minimum absolute atomic E-state index is 0.0914. The maximum absolute atomic E-state index is 13.0. The summed E-state index contributed by atoms with van der Waals surface area (Å²) in [6, 6.07) is 12.9. The molecule has 2 aromatic rings. The number of hydrogen-bond donors (Lipinski definition) is 1. The second-order valence-electron chi connectivity index (χ2n) is 8.13. The third-order valence-electron chi connectivity index (χ3n) is 6.26. The lowest BCUT2D eigenvalue weighted by molar-refractivity contribution is -0.132. The fourth-order valence-corrected chi connectivity index (χ4v) is 4.56. The number of carbonyl (C=O) groups is 2. The molecule has 0 bridgehead atoms. The van der Waals surface area contributed by atoms with Crippen LogP contribution < -0.4 is 19.5 Å². The zero-order chi connectivity index (χ0) is 20.7. The third-order valence-corrected chi connectivity index (χ3v) is 6.26. The monoisotopic (exact) mass is 408 g/mol. The van der Waals surface area contributed by atoms with E-state index < -0.39 is 0 Å².